The molecule has 2 fully saturated rings. The number of carbonyl (C=O) groups is 1. The largest absolute Gasteiger partial charge is 0.388 e. The molecule has 0 saturated carbocycles. The van der Waals surface area contributed by atoms with Crippen molar-refractivity contribution in [3.05, 3.63) is 32.6 Å². The standard InChI is InChI=1S/C14H19N3O5/c1-4-14-5-8(18)16(3)9(10(14)19)12(22-14)17-6-7(2)11(20)15-13(17)21/h6,9-10,12,19H,4-5H2,1-3H3,(H,15,20,21)/t9-,10?,12-,14+/m1/s1. The number of carbonyl (C=O) groups excluding carboxylic acids is 1. The van der Waals surface area contributed by atoms with Gasteiger partial charge in [0, 0.05) is 18.8 Å². The van der Waals surface area contributed by atoms with Gasteiger partial charge in [-0.25, -0.2) is 4.79 Å². The fourth-order valence-corrected chi connectivity index (χ4v) is 3.36. The number of amides is 1. The first kappa shape index (κ1) is 15.0. The SMILES string of the molecule is CC[C@]12CC(=O)N(C)[C@H](C1O)[C@H](n1cc(C)c(=O)[nH]c1=O)O2. The van der Waals surface area contributed by atoms with Crippen LogP contribution in [0.5, 0.6) is 0 Å². The summed E-state index contributed by atoms with van der Waals surface area (Å²) in [5.41, 5.74) is -1.70. The van der Waals surface area contributed by atoms with Crippen LogP contribution >= 0.6 is 0 Å². The lowest BCUT2D eigenvalue weighted by molar-refractivity contribution is -0.150. The van der Waals surface area contributed by atoms with Crippen LogP contribution in [-0.2, 0) is 9.53 Å². The molecule has 1 aromatic rings. The number of H-pyrrole nitrogens is 1. The number of hydrogen-bond acceptors (Lipinski definition) is 5. The number of hydrogen-bond donors (Lipinski definition) is 2. The zero-order valence-electron chi connectivity index (χ0n) is 12.7. The molecule has 3 rings (SSSR count). The molecule has 8 heteroatoms. The summed E-state index contributed by atoms with van der Waals surface area (Å²) in [4.78, 5) is 39.4. The Hall–Kier alpha value is -1.93. The highest BCUT2D eigenvalue weighted by atomic mass is 16.6. The molecule has 120 valence electrons. The fraction of sp³-hybridized carbons (Fsp3) is 0.643. The van der Waals surface area contributed by atoms with Gasteiger partial charge in [-0.05, 0) is 13.3 Å². The van der Waals surface area contributed by atoms with Crippen molar-refractivity contribution in [1.29, 1.82) is 0 Å². The van der Waals surface area contributed by atoms with E-state index in [9.17, 15) is 19.5 Å². The topological polar surface area (TPSA) is 105 Å². The van der Waals surface area contributed by atoms with Gasteiger partial charge in [-0.2, -0.15) is 0 Å². The third-order valence-electron chi connectivity index (χ3n) is 4.82. The molecule has 1 unspecified atom stereocenters. The molecule has 0 radical (unpaired) electrons. The highest BCUT2D eigenvalue weighted by Crippen LogP contribution is 2.46. The molecule has 2 saturated heterocycles. The molecule has 0 aromatic carbocycles. The van der Waals surface area contributed by atoms with Crippen molar-refractivity contribution in [3.8, 4) is 0 Å². The first-order valence-corrected chi connectivity index (χ1v) is 7.24. The highest BCUT2D eigenvalue weighted by molar-refractivity contribution is 5.79. The zero-order chi connectivity index (χ0) is 16.2. The van der Waals surface area contributed by atoms with Gasteiger partial charge in [0.05, 0.1) is 6.42 Å². The van der Waals surface area contributed by atoms with Crippen LogP contribution in [0, 0.1) is 6.92 Å². The van der Waals surface area contributed by atoms with Gasteiger partial charge >= 0.3 is 5.69 Å². The van der Waals surface area contributed by atoms with Crippen molar-refractivity contribution < 1.29 is 14.6 Å². The lowest BCUT2D eigenvalue weighted by atomic mass is 9.83. The van der Waals surface area contributed by atoms with Crippen LogP contribution in [0.4, 0.5) is 0 Å². The van der Waals surface area contributed by atoms with Gasteiger partial charge < -0.3 is 14.7 Å². The number of nitrogens with zero attached hydrogens (tertiary/aromatic N) is 2. The number of piperidine rings is 1. The van der Waals surface area contributed by atoms with E-state index in [-0.39, 0.29) is 12.3 Å². The maximum absolute atomic E-state index is 12.1. The van der Waals surface area contributed by atoms with Crippen molar-refractivity contribution in [2.24, 2.45) is 0 Å². The minimum Gasteiger partial charge on any atom is -0.388 e. The van der Waals surface area contributed by atoms with E-state index in [1.165, 1.54) is 15.7 Å². The predicted molar refractivity (Wildman–Crippen MR) is 76.4 cm³/mol. The second-order valence-electron chi connectivity index (χ2n) is 6.02. The molecule has 0 aliphatic carbocycles. The predicted octanol–water partition coefficient (Wildman–Crippen LogP) is -0.886. The van der Waals surface area contributed by atoms with E-state index in [2.05, 4.69) is 4.98 Å². The van der Waals surface area contributed by atoms with Crippen LogP contribution in [-0.4, -0.2) is 50.3 Å². The normalized spacial score (nSPS) is 34.3. The van der Waals surface area contributed by atoms with Crippen molar-refractivity contribution in [2.75, 3.05) is 7.05 Å². The highest BCUT2D eigenvalue weighted by Gasteiger charge is 2.61. The van der Waals surface area contributed by atoms with Crippen LogP contribution in [0.2, 0.25) is 0 Å². The third-order valence-corrected chi connectivity index (χ3v) is 4.82. The van der Waals surface area contributed by atoms with E-state index in [0.29, 0.717) is 12.0 Å². The molecule has 22 heavy (non-hydrogen) atoms. The maximum Gasteiger partial charge on any atom is 0.330 e. The molecule has 2 bridgehead atoms. The Labute approximate surface area is 126 Å². The van der Waals surface area contributed by atoms with Crippen molar-refractivity contribution in [3.63, 3.8) is 0 Å². The summed E-state index contributed by atoms with van der Waals surface area (Å²) in [6, 6.07) is -0.663. The number of aryl methyl sites for hydroxylation is 1. The average molecular weight is 309 g/mol. The van der Waals surface area contributed by atoms with Gasteiger partial charge in [-0.3, -0.25) is 19.1 Å². The number of nitrogens with one attached hydrogen (secondary N) is 1. The molecule has 8 nitrogen and oxygen atoms in total. The summed E-state index contributed by atoms with van der Waals surface area (Å²) >= 11 is 0. The number of likely N-dealkylation sites (tertiary alicyclic amines) is 1. The van der Waals surface area contributed by atoms with E-state index < -0.39 is 35.2 Å². The van der Waals surface area contributed by atoms with Gasteiger partial charge in [-0.15, -0.1) is 0 Å². The van der Waals surface area contributed by atoms with Crippen LogP contribution in [0.3, 0.4) is 0 Å². The maximum atomic E-state index is 12.1. The average Bonchev–Trinajstić information content (AvgIpc) is 2.68. The molecule has 1 amide bonds. The lowest BCUT2D eigenvalue weighted by Crippen LogP contribution is -2.57. The Bertz CT molecular complexity index is 739. The van der Waals surface area contributed by atoms with Crippen molar-refractivity contribution >= 4 is 5.91 Å². The van der Waals surface area contributed by atoms with Gasteiger partial charge in [0.15, 0.2) is 6.23 Å². The Balaban J connectivity index is 2.13. The van der Waals surface area contributed by atoms with E-state index in [1.54, 1.807) is 14.0 Å². The minimum absolute atomic E-state index is 0.0747. The van der Waals surface area contributed by atoms with E-state index >= 15 is 0 Å². The first-order valence-electron chi connectivity index (χ1n) is 7.24. The summed E-state index contributed by atoms with van der Waals surface area (Å²) in [7, 11) is 1.58. The molecular formula is C14H19N3O5. The molecule has 2 aliphatic heterocycles. The van der Waals surface area contributed by atoms with Gasteiger partial charge in [-0.1, -0.05) is 6.92 Å². The van der Waals surface area contributed by atoms with Gasteiger partial charge in [0.25, 0.3) is 5.56 Å². The smallest absolute Gasteiger partial charge is 0.330 e. The van der Waals surface area contributed by atoms with Gasteiger partial charge in [0.1, 0.15) is 17.7 Å². The van der Waals surface area contributed by atoms with E-state index in [1.807, 2.05) is 6.92 Å². The van der Waals surface area contributed by atoms with Crippen LogP contribution < -0.4 is 11.2 Å². The van der Waals surface area contributed by atoms with Crippen LogP contribution in [0.25, 0.3) is 0 Å². The third kappa shape index (κ3) is 1.87. The number of aliphatic hydroxyl groups excluding tert-OH is 1. The number of likely N-dealkylation sites (N-methyl/N-ethyl adjacent to an activating group) is 1. The zero-order valence-corrected chi connectivity index (χ0v) is 12.7. The molecule has 2 aliphatic rings. The Morgan fingerprint density at radius 2 is 2.14 bits per heavy atom. The molecular weight excluding hydrogens is 290 g/mol. The molecule has 1 aromatic heterocycles. The number of aromatic amines is 1. The van der Waals surface area contributed by atoms with E-state index in [0.717, 1.165) is 0 Å². The molecule has 3 heterocycles. The number of ether oxygens (including phenoxy) is 1. The summed E-state index contributed by atoms with van der Waals surface area (Å²) in [6.07, 6.45) is 0.225. The number of aromatic nitrogens is 2. The second kappa shape index (κ2) is 4.79. The summed E-state index contributed by atoms with van der Waals surface area (Å²) in [5, 5.41) is 10.6. The summed E-state index contributed by atoms with van der Waals surface area (Å²) in [6.45, 7) is 3.42. The number of aliphatic hydroxyl groups is 1. The fourth-order valence-electron chi connectivity index (χ4n) is 3.36. The Kier molecular flexibility index (Phi) is 3.26. The first-order chi connectivity index (χ1) is 10.3. The number of fused-ring (bicyclic) bond motifs is 2. The van der Waals surface area contributed by atoms with Gasteiger partial charge in [0.2, 0.25) is 5.91 Å². The van der Waals surface area contributed by atoms with Crippen LogP contribution in [0.1, 0.15) is 31.6 Å². The second-order valence-corrected chi connectivity index (χ2v) is 6.02. The van der Waals surface area contributed by atoms with Crippen molar-refractivity contribution in [2.45, 2.75) is 50.7 Å². The number of rotatable bonds is 2. The summed E-state index contributed by atoms with van der Waals surface area (Å²) < 4.78 is 7.21. The van der Waals surface area contributed by atoms with E-state index in [4.69, 9.17) is 4.74 Å². The van der Waals surface area contributed by atoms with Crippen LogP contribution in [0.15, 0.2) is 15.8 Å². The Morgan fingerprint density at radius 3 is 2.77 bits per heavy atom. The Morgan fingerprint density at radius 1 is 1.45 bits per heavy atom. The van der Waals surface area contributed by atoms with Crippen molar-refractivity contribution in [1.82, 2.24) is 14.5 Å². The monoisotopic (exact) mass is 309 g/mol. The quantitative estimate of drug-likeness (QED) is 0.738. The molecule has 0 spiro atoms. The molecule has 4 atom stereocenters. The molecule has 2 N–H and O–H groups in total. The lowest BCUT2D eigenvalue weighted by Gasteiger charge is -2.39. The summed E-state index contributed by atoms with van der Waals surface area (Å²) in [5.74, 6) is -0.131. The minimum atomic E-state index is -0.984.